The summed E-state index contributed by atoms with van der Waals surface area (Å²) in [6.07, 6.45) is 0.685. The van der Waals surface area contributed by atoms with E-state index in [-0.39, 0.29) is 10.7 Å². The van der Waals surface area contributed by atoms with Gasteiger partial charge in [-0.2, -0.15) is 0 Å². The van der Waals surface area contributed by atoms with Crippen LogP contribution < -0.4 is 0 Å². The van der Waals surface area contributed by atoms with Crippen molar-refractivity contribution in [2.75, 3.05) is 0 Å². The largest absolute Gasteiger partial charge is 0.303 e. The SMILES string of the molecule is Cc1ccc(S(=O)(=O)[C@H]2[C@H](C=O)[C@@H]2c2ccc(F)cc2)cc1. The number of aldehydes is 1. The van der Waals surface area contributed by atoms with Gasteiger partial charge in [0.15, 0.2) is 9.84 Å². The molecule has 0 saturated heterocycles. The van der Waals surface area contributed by atoms with Crippen LogP contribution in [0.25, 0.3) is 0 Å². The summed E-state index contributed by atoms with van der Waals surface area (Å²) in [5.41, 5.74) is 1.65. The fourth-order valence-corrected chi connectivity index (χ4v) is 4.96. The van der Waals surface area contributed by atoms with Gasteiger partial charge in [0.25, 0.3) is 0 Å². The van der Waals surface area contributed by atoms with Gasteiger partial charge >= 0.3 is 0 Å². The summed E-state index contributed by atoms with van der Waals surface area (Å²) in [7, 11) is -3.58. The summed E-state index contributed by atoms with van der Waals surface area (Å²) in [6.45, 7) is 1.88. The number of sulfone groups is 1. The van der Waals surface area contributed by atoms with Crippen molar-refractivity contribution in [2.45, 2.75) is 23.0 Å². The molecule has 22 heavy (non-hydrogen) atoms. The van der Waals surface area contributed by atoms with Gasteiger partial charge in [0.05, 0.1) is 10.1 Å². The minimum atomic E-state index is -3.58. The Morgan fingerprint density at radius 3 is 2.14 bits per heavy atom. The van der Waals surface area contributed by atoms with Crippen LogP contribution in [0.2, 0.25) is 0 Å². The molecule has 3 atom stereocenters. The first-order valence-corrected chi connectivity index (χ1v) is 8.51. The molecule has 2 aromatic carbocycles. The molecular weight excluding hydrogens is 303 g/mol. The Balaban J connectivity index is 1.95. The fraction of sp³-hybridized carbons (Fsp3) is 0.235. The number of rotatable bonds is 4. The van der Waals surface area contributed by atoms with E-state index in [9.17, 15) is 17.6 Å². The van der Waals surface area contributed by atoms with E-state index >= 15 is 0 Å². The van der Waals surface area contributed by atoms with Crippen LogP contribution in [0, 0.1) is 18.7 Å². The van der Waals surface area contributed by atoms with E-state index < -0.39 is 26.9 Å². The molecule has 0 aliphatic heterocycles. The Bertz CT molecular complexity index is 795. The molecule has 0 radical (unpaired) electrons. The number of carbonyl (C=O) groups is 1. The highest BCUT2D eigenvalue weighted by atomic mass is 32.2. The third kappa shape index (κ3) is 2.46. The van der Waals surface area contributed by atoms with Crippen molar-refractivity contribution in [3.05, 3.63) is 65.5 Å². The average Bonchev–Trinajstić information content (AvgIpc) is 3.24. The van der Waals surface area contributed by atoms with Gasteiger partial charge < -0.3 is 4.79 Å². The zero-order valence-electron chi connectivity index (χ0n) is 11.9. The molecule has 0 N–H and O–H groups in total. The molecular formula is C17H15FO3S. The van der Waals surface area contributed by atoms with Gasteiger partial charge in [-0.15, -0.1) is 0 Å². The minimum absolute atomic E-state index is 0.222. The average molecular weight is 318 g/mol. The monoisotopic (exact) mass is 318 g/mol. The van der Waals surface area contributed by atoms with E-state index in [2.05, 4.69) is 0 Å². The Labute approximate surface area is 128 Å². The normalized spacial score (nSPS) is 24.0. The van der Waals surface area contributed by atoms with Gasteiger partial charge in [0.2, 0.25) is 0 Å². The third-order valence-corrected chi connectivity index (χ3v) is 6.38. The second kappa shape index (κ2) is 5.32. The van der Waals surface area contributed by atoms with Gasteiger partial charge in [0, 0.05) is 11.8 Å². The molecule has 5 heteroatoms. The van der Waals surface area contributed by atoms with Gasteiger partial charge in [-0.1, -0.05) is 29.8 Å². The molecule has 0 bridgehead atoms. The van der Waals surface area contributed by atoms with Crippen molar-refractivity contribution in [1.29, 1.82) is 0 Å². The lowest BCUT2D eigenvalue weighted by Gasteiger charge is -2.05. The maximum absolute atomic E-state index is 13.0. The molecule has 0 unspecified atom stereocenters. The van der Waals surface area contributed by atoms with E-state index in [0.29, 0.717) is 11.8 Å². The Morgan fingerprint density at radius 2 is 1.59 bits per heavy atom. The molecule has 0 spiro atoms. The van der Waals surface area contributed by atoms with Crippen molar-refractivity contribution < 1.29 is 17.6 Å². The predicted octanol–water partition coefficient (Wildman–Crippen LogP) is 2.89. The van der Waals surface area contributed by atoms with Crippen molar-refractivity contribution in [2.24, 2.45) is 5.92 Å². The lowest BCUT2D eigenvalue weighted by Crippen LogP contribution is -2.11. The van der Waals surface area contributed by atoms with E-state index in [4.69, 9.17) is 0 Å². The minimum Gasteiger partial charge on any atom is -0.303 e. The zero-order valence-corrected chi connectivity index (χ0v) is 12.8. The van der Waals surface area contributed by atoms with Crippen LogP contribution in [0.1, 0.15) is 17.0 Å². The summed E-state index contributed by atoms with van der Waals surface area (Å²) < 4.78 is 38.4. The molecule has 0 heterocycles. The topological polar surface area (TPSA) is 51.2 Å². The second-order valence-corrected chi connectivity index (χ2v) is 7.72. The quantitative estimate of drug-likeness (QED) is 0.815. The van der Waals surface area contributed by atoms with Crippen LogP contribution >= 0.6 is 0 Å². The van der Waals surface area contributed by atoms with E-state index in [1.165, 1.54) is 12.1 Å². The van der Waals surface area contributed by atoms with Crippen LogP contribution in [-0.4, -0.2) is 20.0 Å². The first kappa shape index (κ1) is 14.9. The number of benzene rings is 2. The first-order valence-electron chi connectivity index (χ1n) is 6.96. The second-order valence-electron chi connectivity index (χ2n) is 5.61. The van der Waals surface area contributed by atoms with Gasteiger partial charge in [-0.25, -0.2) is 12.8 Å². The van der Waals surface area contributed by atoms with Crippen molar-refractivity contribution >= 4 is 16.1 Å². The molecule has 3 nitrogen and oxygen atoms in total. The number of halogens is 1. The van der Waals surface area contributed by atoms with Crippen molar-refractivity contribution in [1.82, 2.24) is 0 Å². The summed E-state index contributed by atoms with van der Waals surface area (Å²) in [5.74, 6) is -1.36. The first-order chi connectivity index (χ1) is 10.4. The lowest BCUT2D eigenvalue weighted by atomic mass is 10.1. The zero-order chi connectivity index (χ0) is 15.9. The van der Waals surface area contributed by atoms with Crippen LogP contribution in [0.4, 0.5) is 4.39 Å². The van der Waals surface area contributed by atoms with Crippen LogP contribution in [0.5, 0.6) is 0 Å². The molecule has 1 aliphatic carbocycles. The van der Waals surface area contributed by atoms with Gasteiger partial charge in [-0.3, -0.25) is 0 Å². The van der Waals surface area contributed by atoms with E-state index in [1.807, 2.05) is 6.92 Å². The molecule has 1 fully saturated rings. The molecule has 1 aliphatic rings. The summed E-state index contributed by atoms with van der Waals surface area (Å²) in [6, 6.07) is 12.2. The predicted molar refractivity (Wildman–Crippen MR) is 80.8 cm³/mol. The maximum atomic E-state index is 13.0. The molecule has 2 aromatic rings. The molecule has 0 aromatic heterocycles. The summed E-state index contributed by atoms with van der Waals surface area (Å²) in [4.78, 5) is 11.4. The number of carbonyl (C=O) groups excluding carboxylic acids is 1. The Kier molecular flexibility index (Phi) is 3.60. The van der Waals surface area contributed by atoms with Crippen LogP contribution in [-0.2, 0) is 14.6 Å². The highest BCUT2D eigenvalue weighted by Gasteiger charge is 2.58. The molecule has 1 saturated carbocycles. The third-order valence-electron chi connectivity index (χ3n) is 4.13. The Morgan fingerprint density at radius 1 is 1.00 bits per heavy atom. The van der Waals surface area contributed by atoms with Crippen molar-refractivity contribution in [3.63, 3.8) is 0 Å². The van der Waals surface area contributed by atoms with Crippen molar-refractivity contribution in [3.8, 4) is 0 Å². The maximum Gasteiger partial charge on any atom is 0.182 e. The Hall–Kier alpha value is -2.01. The molecule has 3 rings (SSSR count). The van der Waals surface area contributed by atoms with Crippen LogP contribution in [0.3, 0.4) is 0 Å². The number of aryl methyl sites for hydroxylation is 1. The molecule has 0 amide bonds. The summed E-state index contributed by atoms with van der Waals surface area (Å²) in [5, 5.41) is -0.766. The van der Waals surface area contributed by atoms with Gasteiger partial charge in [0.1, 0.15) is 12.1 Å². The highest BCUT2D eigenvalue weighted by Crippen LogP contribution is 2.52. The smallest absolute Gasteiger partial charge is 0.182 e. The standard InChI is InChI=1S/C17H15FO3S/c1-11-2-8-14(9-3-11)22(20,21)17-15(10-19)16(17)12-4-6-13(18)7-5-12/h2-10,15-17H,1H3/t15-,16+,17+/m1/s1. The molecule has 114 valence electrons. The van der Waals surface area contributed by atoms with E-state index in [0.717, 1.165) is 5.56 Å². The highest BCUT2D eigenvalue weighted by molar-refractivity contribution is 7.92. The van der Waals surface area contributed by atoms with E-state index in [1.54, 1.807) is 36.4 Å². The van der Waals surface area contributed by atoms with Gasteiger partial charge in [-0.05, 0) is 36.8 Å². The lowest BCUT2D eigenvalue weighted by molar-refractivity contribution is -0.108. The number of hydrogen-bond donors (Lipinski definition) is 0. The number of hydrogen-bond acceptors (Lipinski definition) is 3. The summed E-state index contributed by atoms with van der Waals surface area (Å²) >= 11 is 0. The van der Waals surface area contributed by atoms with Crippen LogP contribution in [0.15, 0.2) is 53.4 Å². The fourth-order valence-electron chi connectivity index (χ4n) is 2.85.